The molecular formula is C14H15FN4O2S. The summed E-state index contributed by atoms with van der Waals surface area (Å²) in [6, 6.07) is 7.57. The summed E-state index contributed by atoms with van der Waals surface area (Å²) in [6.45, 7) is 0. The first kappa shape index (κ1) is 14.7. The zero-order valence-electron chi connectivity index (χ0n) is 11.7. The third-order valence-corrected chi connectivity index (χ3v) is 5.12. The van der Waals surface area contributed by atoms with Gasteiger partial charge in [0.2, 0.25) is 0 Å². The minimum absolute atomic E-state index is 0.115. The van der Waals surface area contributed by atoms with E-state index in [-0.39, 0.29) is 23.4 Å². The van der Waals surface area contributed by atoms with Crippen LogP contribution in [0.3, 0.4) is 0 Å². The standard InChI is InChI=1S/C14H15FN4O2S/c15-10-2-1-3-11(6-10)18-13-7-14(17-9-16-13)19-12-4-5-22(20,21)8-12/h1-3,6-7,9,12H,4-5,8H2,(H2,16,17,18,19). The van der Waals surface area contributed by atoms with Crippen LogP contribution in [0.2, 0.25) is 0 Å². The molecule has 1 aliphatic heterocycles. The number of hydrogen-bond donors (Lipinski definition) is 2. The molecule has 1 aromatic carbocycles. The lowest BCUT2D eigenvalue weighted by Gasteiger charge is -2.12. The van der Waals surface area contributed by atoms with Gasteiger partial charge in [-0.05, 0) is 24.6 Å². The van der Waals surface area contributed by atoms with E-state index in [1.165, 1.54) is 18.5 Å². The number of sulfone groups is 1. The van der Waals surface area contributed by atoms with Crippen LogP contribution in [0.1, 0.15) is 6.42 Å². The number of nitrogens with one attached hydrogen (secondary N) is 2. The molecule has 1 aliphatic rings. The molecule has 1 atom stereocenters. The monoisotopic (exact) mass is 322 g/mol. The molecule has 0 saturated carbocycles. The first-order valence-electron chi connectivity index (χ1n) is 6.82. The van der Waals surface area contributed by atoms with Gasteiger partial charge in [0.15, 0.2) is 9.84 Å². The molecule has 0 aliphatic carbocycles. The van der Waals surface area contributed by atoms with Crippen molar-refractivity contribution in [1.29, 1.82) is 0 Å². The van der Waals surface area contributed by atoms with E-state index < -0.39 is 9.84 Å². The molecule has 6 nitrogen and oxygen atoms in total. The van der Waals surface area contributed by atoms with Crippen LogP contribution in [0.25, 0.3) is 0 Å². The van der Waals surface area contributed by atoms with Gasteiger partial charge in [0, 0.05) is 17.8 Å². The van der Waals surface area contributed by atoms with Gasteiger partial charge in [-0.2, -0.15) is 0 Å². The van der Waals surface area contributed by atoms with Crippen molar-refractivity contribution in [3.8, 4) is 0 Å². The highest BCUT2D eigenvalue weighted by atomic mass is 32.2. The molecule has 1 aromatic heterocycles. The van der Waals surface area contributed by atoms with Crippen LogP contribution >= 0.6 is 0 Å². The zero-order valence-corrected chi connectivity index (χ0v) is 12.5. The van der Waals surface area contributed by atoms with E-state index >= 15 is 0 Å². The Morgan fingerprint density at radius 2 is 2.00 bits per heavy atom. The van der Waals surface area contributed by atoms with Crippen LogP contribution in [-0.4, -0.2) is 35.9 Å². The van der Waals surface area contributed by atoms with Crippen molar-refractivity contribution in [1.82, 2.24) is 9.97 Å². The summed E-state index contributed by atoms with van der Waals surface area (Å²) in [7, 11) is -2.94. The average molecular weight is 322 g/mol. The Bertz CT molecular complexity index is 782. The number of nitrogens with zero attached hydrogens (tertiary/aromatic N) is 2. The number of rotatable bonds is 4. The molecule has 1 saturated heterocycles. The predicted molar refractivity (Wildman–Crippen MR) is 82.4 cm³/mol. The van der Waals surface area contributed by atoms with Crippen molar-refractivity contribution in [2.24, 2.45) is 0 Å². The molecule has 2 N–H and O–H groups in total. The fourth-order valence-electron chi connectivity index (χ4n) is 2.34. The SMILES string of the molecule is O=S1(=O)CCC(Nc2cc(Nc3cccc(F)c3)ncn2)C1. The molecule has 3 rings (SSSR count). The van der Waals surface area contributed by atoms with Crippen molar-refractivity contribution < 1.29 is 12.8 Å². The van der Waals surface area contributed by atoms with E-state index in [1.807, 2.05) is 0 Å². The van der Waals surface area contributed by atoms with Crippen LogP contribution in [0.4, 0.5) is 21.7 Å². The smallest absolute Gasteiger partial charge is 0.152 e. The Balaban J connectivity index is 1.70. The molecular weight excluding hydrogens is 307 g/mol. The molecule has 1 unspecified atom stereocenters. The Kier molecular flexibility index (Phi) is 3.93. The molecule has 116 valence electrons. The molecule has 22 heavy (non-hydrogen) atoms. The summed E-state index contributed by atoms with van der Waals surface area (Å²) >= 11 is 0. The lowest BCUT2D eigenvalue weighted by atomic mass is 10.2. The van der Waals surface area contributed by atoms with Crippen molar-refractivity contribution >= 4 is 27.2 Å². The Hall–Kier alpha value is -2.22. The van der Waals surface area contributed by atoms with Crippen LogP contribution in [-0.2, 0) is 9.84 Å². The van der Waals surface area contributed by atoms with E-state index in [0.29, 0.717) is 23.7 Å². The van der Waals surface area contributed by atoms with Gasteiger partial charge in [0.05, 0.1) is 11.5 Å². The first-order chi connectivity index (χ1) is 10.5. The number of hydrogen-bond acceptors (Lipinski definition) is 6. The van der Waals surface area contributed by atoms with Gasteiger partial charge in [-0.3, -0.25) is 0 Å². The van der Waals surface area contributed by atoms with Crippen molar-refractivity contribution in [3.63, 3.8) is 0 Å². The lowest BCUT2D eigenvalue weighted by Crippen LogP contribution is -2.21. The van der Waals surface area contributed by atoms with Gasteiger partial charge in [0.25, 0.3) is 0 Å². The lowest BCUT2D eigenvalue weighted by molar-refractivity contribution is 0.602. The van der Waals surface area contributed by atoms with Crippen molar-refractivity contribution in [3.05, 3.63) is 42.5 Å². The van der Waals surface area contributed by atoms with E-state index in [0.717, 1.165) is 0 Å². The summed E-state index contributed by atoms with van der Waals surface area (Å²) < 4.78 is 36.1. The minimum Gasteiger partial charge on any atom is -0.366 e. The van der Waals surface area contributed by atoms with Crippen LogP contribution in [0.5, 0.6) is 0 Å². The average Bonchev–Trinajstić information content (AvgIpc) is 2.78. The Morgan fingerprint density at radius 1 is 1.18 bits per heavy atom. The highest BCUT2D eigenvalue weighted by Gasteiger charge is 2.27. The fraction of sp³-hybridized carbons (Fsp3) is 0.286. The van der Waals surface area contributed by atoms with Gasteiger partial charge >= 0.3 is 0 Å². The summed E-state index contributed by atoms with van der Waals surface area (Å²) in [5.41, 5.74) is 0.577. The highest BCUT2D eigenvalue weighted by Crippen LogP contribution is 2.20. The van der Waals surface area contributed by atoms with E-state index in [9.17, 15) is 12.8 Å². The normalized spacial score (nSPS) is 19.8. The van der Waals surface area contributed by atoms with Crippen molar-refractivity contribution in [2.75, 3.05) is 22.1 Å². The molecule has 8 heteroatoms. The fourth-order valence-corrected chi connectivity index (χ4v) is 4.01. The second-order valence-corrected chi connectivity index (χ2v) is 7.40. The van der Waals surface area contributed by atoms with Crippen LogP contribution in [0.15, 0.2) is 36.7 Å². The molecule has 1 fully saturated rings. The third kappa shape index (κ3) is 3.70. The van der Waals surface area contributed by atoms with Gasteiger partial charge < -0.3 is 10.6 Å². The van der Waals surface area contributed by atoms with E-state index in [4.69, 9.17) is 0 Å². The van der Waals surface area contributed by atoms with Gasteiger partial charge in [-0.25, -0.2) is 22.8 Å². The number of anilines is 3. The van der Waals surface area contributed by atoms with Gasteiger partial charge in [0.1, 0.15) is 23.8 Å². The summed E-state index contributed by atoms with van der Waals surface area (Å²) in [5, 5.41) is 6.07. The molecule has 0 radical (unpaired) electrons. The summed E-state index contributed by atoms with van der Waals surface area (Å²) in [6.07, 6.45) is 1.94. The summed E-state index contributed by atoms with van der Waals surface area (Å²) in [5.74, 6) is 1.02. The van der Waals surface area contributed by atoms with E-state index in [2.05, 4.69) is 20.6 Å². The maximum atomic E-state index is 13.2. The molecule has 0 amide bonds. The molecule has 2 aromatic rings. The number of aromatic nitrogens is 2. The van der Waals surface area contributed by atoms with Crippen LogP contribution < -0.4 is 10.6 Å². The largest absolute Gasteiger partial charge is 0.366 e. The first-order valence-corrected chi connectivity index (χ1v) is 8.64. The van der Waals surface area contributed by atoms with Crippen LogP contribution in [0, 0.1) is 5.82 Å². The highest BCUT2D eigenvalue weighted by molar-refractivity contribution is 7.91. The minimum atomic E-state index is -2.94. The van der Waals surface area contributed by atoms with Gasteiger partial charge in [-0.15, -0.1) is 0 Å². The van der Waals surface area contributed by atoms with Crippen molar-refractivity contribution in [2.45, 2.75) is 12.5 Å². The maximum Gasteiger partial charge on any atom is 0.152 e. The molecule has 0 bridgehead atoms. The molecule has 2 heterocycles. The van der Waals surface area contributed by atoms with E-state index in [1.54, 1.807) is 18.2 Å². The van der Waals surface area contributed by atoms with Gasteiger partial charge in [-0.1, -0.05) is 6.07 Å². The maximum absolute atomic E-state index is 13.2. The third-order valence-electron chi connectivity index (χ3n) is 3.35. The predicted octanol–water partition coefficient (Wildman–Crippen LogP) is 1.96. The Morgan fingerprint density at radius 3 is 2.73 bits per heavy atom. The second-order valence-electron chi connectivity index (χ2n) is 5.17. The molecule has 0 spiro atoms. The Labute approximate surface area is 127 Å². The second kappa shape index (κ2) is 5.88. The zero-order chi connectivity index (χ0) is 15.6. The number of halogens is 1. The quantitative estimate of drug-likeness (QED) is 0.895. The summed E-state index contributed by atoms with van der Waals surface area (Å²) in [4.78, 5) is 8.14. The topological polar surface area (TPSA) is 84.0 Å². The number of benzene rings is 1.